The minimum atomic E-state index is -0.588. The van der Waals surface area contributed by atoms with Crippen molar-refractivity contribution in [2.24, 2.45) is 0 Å². The van der Waals surface area contributed by atoms with E-state index in [0.717, 1.165) is 10.6 Å². The number of rotatable bonds is 6. The third-order valence-electron chi connectivity index (χ3n) is 2.37. The third-order valence-corrected chi connectivity index (χ3v) is 3.66. The molecule has 6 nitrogen and oxygen atoms in total. The highest BCUT2D eigenvalue weighted by Crippen LogP contribution is 2.28. The molecule has 0 radical (unpaired) electrons. The number of benzene rings is 1. The van der Waals surface area contributed by atoms with Gasteiger partial charge in [0.15, 0.2) is 0 Å². The molecular weight excluding hydrogens is 300 g/mol. The molecule has 0 spiro atoms. The smallest absolute Gasteiger partial charge is 0.348 e. The van der Waals surface area contributed by atoms with Crippen LogP contribution in [0.1, 0.15) is 0 Å². The first-order valence-corrected chi connectivity index (χ1v) is 7.11. The van der Waals surface area contributed by atoms with Crippen molar-refractivity contribution in [1.29, 1.82) is 0 Å². The summed E-state index contributed by atoms with van der Waals surface area (Å²) in [4.78, 5) is 18.9. The summed E-state index contributed by atoms with van der Waals surface area (Å²) in [6.45, 7) is 0.535. The van der Waals surface area contributed by atoms with Crippen molar-refractivity contribution in [2.45, 2.75) is 4.90 Å². The van der Waals surface area contributed by atoms with Crippen molar-refractivity contribution in [2.75, 3.05) is 17.6 Å². The Morgan fingerprint density at radius 2 is 2.05 bits per heavy atom. The van der Waals surface area contributed by atoms with Gasteiger partial charge in [0.2, 0.25) is 11.0 Å². The number of thioether (sulfide) groups is 1. The molecule has 1 N–H and O–H groups in total. The van der Waals surface area contributed by atoms with Crippen LogP contribution in [0.4, 0.5) is 11.5 Å². The normalized spacial score (nSPS) is 10.2. The Labute approximate surface area is 124 Å². The van der Waals surface area contributed by atoms with E-state index in [1.807, 2.05) is 30.3 Å². The van der Waals surface area contributed by atoms with E-state index in [1.54, 1.807) is 11.8 Å². The van der Waals surface area contributed by atoms with Crippen molar-refractivity contribution < 1.29 is 4.92 Å². The van der Waals surface area contributed by atoms with Crippen LogP contribution in [0.5, 0.6) is 0 Å². The average Bonchev–Trinajstić information content (AvgIpc) is 2.44. The van der Waals surface area contributed by atoms with Crippen molar-refractivity contribution in [3.8, 4) is 0 Å². The first-order valence-electron chi connectivity index (χ1n) is 5.75. The lowest BCUT2D eigenvalue weighted by molar-refractivity contribution is -0.384. The fraction of sp³-hybridized carbons (Fsp3) is 0.167. The highest BCUT2D eigenvalue weighted by molar-refractivity contribution is 7.99. The molecule has 0 bridgehead atoms. The van der Waals surface area contributed by atoms with Crippen LogP contribution in [0.15, 0.2) is 41.6 Å². The Kier molecular flexibility index (Phi) is 5.14. The standard InChI is InChI=1S/C12H11ClN4O2S/c13-11-10(17(18)19)12(16-8-15-11)14-6-7-20-9-4-2-1-3-5-9/h1-5,8H,6-7H2,(H,14,15,16). The maximum absolute atomic E-state index is 10.9. The molecule has 0 aliphatic carbocycles. The molecule has 2 aromatic rings. The monoisotopic (exact) mass is 310 g/mol. The lowest BCUT2D eigenvalue weighted by atomic mass is 10.4. The molecule has 0 unspecified atom stereocenters. The lowest BCUT2D eigenvalue weighted by Gasteiger charge is -2.06. The van der Waals surface area contributed by atoms with Crippen LogP contribution in [0.3, 0.4) is 0 Å². The number of anilines is 1. The maximum atomic E-state index is 10.9. The van der Waals surface area contributed by atoms with Crippen LogP contribution in [0, 0.1) is 10.1 Å². The fourth-order valence-electron chi connectivity index (χ4n) is 1.50. The molecule has 0 amide bonds. The Bertz CT molecular complexity index is 597. The summed E-state index contributed by atoms with van der Waals surface area (Å²) in [5.74, 6) is 0.895. The van der Waals surface area contributed by atoms with Crippen molar-refractivity contribution in [3.05, 3.63) is 51.9 Å². The summed E-state index contributed by atoms with van der Waals surface area (Å²) >= 11 is 7.34. The minimum absolute atomic E-state index is 0.142. The second-order valence-electron chi connectivity index (χ2n) is 3.71. The number of hydrogen-bond donors (Lipinski definition) is 1. The SMILES string of the molecule is O=[N+]([O-])c1c(Cl)ncnc1NCCSc1ccccc1. The summed E-state index contributed by atoms with van der Waals surface area (Å²) < 4.78 is 0. The van der Waals surface area contributed by atoms with Gasteiger partial charge in [-0.15, -0.1) is 11.8 Å². The third kappa shape index (κ3) is 3.82. The van der Waals surface area contributed by atoms with Gasteiger partial charge >= 0.3 is 5.69 Å². The quantitative estimate of drug-likeness (QED) is 0.290. The molecule has 0 aliphatic rings. The van der Waals surface area contributed by atoms with Crippen molar-refractivity contribution in [1.82, 2.24) is 9.97 Å². The average molecular weight is 311 g/mol. The fourth-order valence-corrected chi connectivity index (χ4v) is 2.50. The van der Waals surface area contributed by atoms with E-state index >= 15 is 0 Å². The van der Waals surface area contributed by atoms with Gasteiger partial charge in [0.25, 0.3) is 0 Å². The van der Waals surface area contributed by atoms with Crippen LogP contribution >= 0.6 is 23.4 Å². The molecule has 0 fully saturated rings. The number of nitro groups is 1. The van der Waals surface area contributed by atoms with Gasteiger partial charge in [-0.1, -0.05) is 29.8 Å². The summed E-state index contributed by atoms with van der Waals surface area (Å²) in [5.41, 5.74) is -0.293. The molecule has 1 aromatic heterocycles. The van der Waals surface area contributed by atoms with E-state index in [1.165, 1.54) is 6.33 Å². The molecule has 1 heterocycles. The Morgan fingerprint density at radius 1 is 1.30 bits per heavy atom. The van der Waals surface area contributed by atoms with Crippen LogP contribution in [-0.2, 0) is 0 Å². The predicted octanol–water partition coefficient (Wildman–Crippen LogP) is 3.24. The molecule has 104 valence electrons. The van der Waals surface area contributed by atoms with Gasteiger partial charge in [0.05, 0.1) is 4.92 Å². The number of aromatic nitrogens is 2. The molecule has 0 saturated carbocycles. The van der Waals surface area contributed by atoms with E-state index in [9.17, 15) is 10.1 Å². The van der Waals surface area contributed by atoms with Crippen LogP contribution in [0.2, 0.25) is 5.15 Å². The molecule has 1 aromatic carbocycles. The number of nitrogens with one attached hydrogen (secondary N) is 1. The van der Waals surface area contributed by atoms with Gasteiger partial charge in [-0.25, -0.2) is 9.97 Å². The maximum Gasteiger partial charge on any atom is 0.348 e. The number of hydrogen-bond acceptors (Lipinski definition) is 6. The van der Waals surface area contributed by atoms with Gasteiger partial charge in [-0.05, 0) is 12.1 Å². The van der Waals surface area contributed by atoms with E-state index in [2.05, 4.69) is 15.3 Å². The summed E-state index contributed by atoms with van der Waals surface area (Å²) in [7, 11) is 0. The highest BCUT2D eigenvalue weighted by atomic mass is 35.5. The van der Waals surface area contributed by atoms with E-state index in [0.29, 0.717) is 6.54 Å². The Balaban J connectivity index is 1.92. The van der Waals surface area contributed by atoms with Crippen LogP contribution < -0.4 is 5.32 Å². The van der Waals surface area contributed by atoms with Crippen molar-refractivity contribution in [3.63, 3.8) is 0 Å². The Morgan fingerprint density at radius 3 is 2.75 bits per heavy atom. The first-order chi connectivity index (χ1) is 9.68. The van der Waals surface area contributed by atoms with E-state index in [-0.39, 0.29) is 16.7 Å². The van der Waals surface area contributed by atoms with Gasteiger partial charge < -0.3 is 5.32 Å². The second kappa shape index (κ2) is 7.06. The molecule has 0 aliphatic heterocycles. The lowest BCUT2D eigenvalue weighted by Crippen LogP contribution is -2.08. The summed E-state index contributed by atoms with van der Waals surface area (Å²) in [5, 5.41) is 13.6. The zero-order valence-electron chi connectivity index (χ0n) is 10.3. The van der Waals surface area contributed by atoms with Crippen LogP contribution in [0.25, 0.3) is 0 Å². The molecule has 8 heteroatoms. The molecule has 20 heavy (non-hydrogen) atoms. The Hall–Kier alpha value is -1.86. The van der Waals surface area contributed by atoms with E-state index in [4.69, 9.17) is 11.6 Å². The molecule has 2 rings (SSSR count). The van der Waals surface area contributed by atoms with E-state index < -0.39 is 4.92 Å². The summed E-state index contributed by atoms with van der Waals surface area (Å²) in [6.07, 6.45) is 1.20. The second-order valence-corrected chi connectivity index (χ2v) is 5.23. The largest absolute Gasteiger partial charge is 0.363 e. The zero-order chi connectivity index (χ0) is 14.4. The topological polar surface area (TPSA) is 81.0 Å². The molecular formula is C12H11ClN4O2S. The number of nitrogens with zero attached hydrogens (tertiary/aromatic N) is 3. The molecule has 0 saturated heterocycles. The van der Waals surface area contributed by atoms with Gasteiger partial charge in [-0.2, -0.15) is 0 Å². The van der Waals surface area contributed by atoms with Crippen molar-refractivity contribution >= 4 is 34.9 Å². The van der Waals surface area contributed by atoms with Gasteiger partial charge in [-0.3, -0.25) is 10.1 Å². The molecule has 0 atom stereocenters. The van der Waals surface area contributed by atoms with Gasteiger partial charge in [0.1, 0.15) is 6.33 Å². The van der Waals surface area contributed by atoms with Gasteiger partial charge in [0, 0.05) is 17.2 Å². The highest BCUT2D eigenvalue weighted by Gasteiger charge is 2.20. The zero-order valence-corrected chi connectivity index (χ0v) is 11.9. The first kappa shape index (κ1) is 14.5. The van der Waals surface area contributed by atoms with Crippen LogP contribution in [-0.4, -0.2) is 27.2 Å². The summed E-state index contributed by atoms with van der Waals surface area (Å²) in [6, 6.07) is 9.90. The number of halogens is 1. The minimum Gasteiger partial charge on any atom is -0.363 e. The predicted molar refractivity (Wildman–Crippen MR) is 79.4 cm³/mol.